The Labute approximate surface area is 182 Å². The average molecular weight is 452 g/mol. The molecule has 1 N–H and O–H groups in total. The second-order valence-electron chi connectivity index (χ2n) is 7.61. The van der Waals surface area contributed by atoms with Crippen molar-refractivity contribution in [2.24, 2.45) is 0 Å². The molecule has 2 aromatic rings. The van der Waals surface area contributed by atoms with Crippen LogP contribution >= 0.6 is 11.6 Å². The third-order valence-corrected chi connectivity index (χ3v) is 7.50. The first-order valence-corrected chi connectivity index (χ1v) is 11.6. The molecule has 162 valence electrons. The van der Waals surface area contributed by atoms with Crippen LogP contribution in [0.15, 0.2) is 29.3 Å². The van der Waals surface area contributed by atoms with Crippen molar-refractivity contribution in [1.82, 2.24) is 14.3 Å². The topological polar surface area (TPSA) is 95.5 Å². The van der Waals surface area contributed by atoms with E-state index in [1.165, 1.54) is 29.7 Å². The predicted molar refractivity (Wildman–Crippen MR) is 118 cm³/mol. The normalized spacial score (nSPS) is 14.6. The van der Waals surface area contributed by atoms with Gasteiger partial charge in [-0.15, -0.1) is 0 Å². The Morgan fingerprint density at radius 1 is 1.27 bits per heavy atom. The maximum atomic E-state index is 12.9. The van der Waals surface area contributed by atoms with Gasteiger partial charge < -0.3 is 10.2 Å². The van der Waals surface area contributed by atoms with Crippen LogP contribution in [0.4, 0.5) is 11.6 Å². The molecule has 1 aliphatic rings. The molecular formula is C20H26ClN5O3S. The molecule has 0 aliphatic carbocycles. The number of sulfonamides is 1. The first kappa shape index (κ1) is 22.5. The highest BCUT2D eigenvalue weighted by molar-refractivity contribution is 7.89. The highest BCUT2D eigenvalue weighted by atomic mass is 35.5. The van der Waals surface area contributed by atoms with Crippen molar-refractivity contribution in [3.05, 3.63) is 40.7 Å². The number of carbonyl (C=O) groups is 1. The summed E-state index contributed by atoms with van der Waals surface area (Å²) in [5.74, 6) is -0.0497. The molecule has 1 aromatic heterocycles. The summed E-state index contributed by atoms with van der Waals surface area (Å²) in [4.78, 5) is 23.6. The van der Waals surface area contributed by atoms with E-state index < -0.39 is 15.9 Å². The van der Waals surface area contributed by atoms with Crippen molar-refractivity contribution in [1.29, 1.82) is 0 Å². The monoisotopic (exact) mass is 451 g/mol. The lowest BCUT2D eigenvalue weighted by Gasteiger charge is -2.21. The quantitative estimate of drug-likeness (QED) is 0.723. The van der Waals surface area contributed by atoms with E-state index in [0.29, 0.717) is 11.6 Å². The summed E-state index contributed by atoms with van der Waals surface area (Å²) in [5, 5.41) is 2.89. The zero-order valence-electron chi connectivity index (χ0n) is 17.5. The molecule has 8 nitrogen and oxygen atoms in total. The van der Waals surface area contributed by atoms with Gasteiger partial charge in [-0.25, -0.2) is 18.4 Å². The van der Waals surface area contributed by atoms with Crippen molar-refractivity contribution < 1.29 is 13.2 Å². The number of aryl methyl sites for hydroxylation is 1. The first-order chi connectivity index (χ1) is 14.1. The van der Waals surface area contributed by atoms with Gasteiger partial charge in [0.25, 0.3) is 5.91 Å². The van der Waals surface area contributed by atoms with E-state index in [4.69, 9.17) is 11.6 Å². The number of anilines is 2. The van der Waals surface area contributed by atoms with Crippen LogP contribution in [0.5, 0.6) is 0 Å². The largest absolute Gasteiger partial charge is 0.341 e. The van der Waals surface area contributed by atoms with Gasteiger partial charge in [-0.3, -0.25) is 4.79 Å². The van der Waals surface area contributed by atoms with Gasteiger partial charge in [0.05, 0.1) is 16.1 Å². The van der Waals surface area contributed by atoms with Crippen molar-refractivity contribution >= 4 is 39.2 Å². The maximum absolute atomic E-state index is 12.9. The summed E-state index contributed by atoms with van der Waals surface area (Å²) < 4.78 is 26.9. The Bertz CT molecular complexity index is 1050. The summed E-state index contributed by atoms with van der Waals surface area (Å²) in [6, 6.07) is 4.45. The molecule has 0 atom stereocenters. The second kappa shape index (κ2) is 8.87. The maximum Gasteiger partial charge on any atom is 0.276 e. The van der Waals surface area contributed by atoms with Crippen LogP contribution in [0.3, 0.4) is 0 Å². The number of hydrogen-bond acceptors (Lipinski definition) is 6. The SMILES string of the molecule is Cc1ccc(S(=O)(=O)N(C)C(C)C)cc1NC(=O)c1nc(N2CCCC2)ncc1Cl. The highest BCUT2D eigenvalue weighted by Crippen LogP contribution is 2.25. The number of hydrogen-bond donors (Lipinski definition) is 1. The molecule has 3 rings (SSSR count). The number of nitrogens with one attached hydrogen (secondary N) is 1. The molecule has 1 amide bonds. The number of carbonyl (C=O) groups excluding carboxylic acids is 1. The van der Waals surface area contributed by atoms with Crippen LogP contribution in [-0.4, -0.2) is 54.8 Å². The number of aromatic nitrogens is 2. The van der Waals surface area contributed by atoms with Crippen LogP contribution in [-0.2, 0) is 10.0 Å². The van der Waals surface area contributed by atoms with Gasteiger partial charge in [0.2, 0.25) is 16.0 Å². The lowest BCUT2D eigenvalue weighted by atomic mass is 10.2. The minimum atomic E-state index is -3.68. The Morgan fingerprint density at radius 2 is 1.93 bits per heavy atom. The lowest BCUT2D eigenvalue weighted by Crippen LogP contribution is -2.33. The molecular weight excluding hydrogens is 426 g/mol. The molecule has 0 unspecified atom stereocenters. The number of halogens is 1. The van der Waals surface area contributed by atoms with Gasteiger partial charge in [-0.1, -0.05) is 17.7 Å². The Hall–Kier alpha value is -2.23. The Morgan fingerprint density at radius 3 is 2.57 bits per heavy atom. The fourth-order valence-electron chi connectivity index (χ4n) is 3.11. The van der Waals surface area contributed by atoms with Crippen molar-refractivity contribution in [3.63, 3.8) is 0 Å². The minimum Gasteiger partial charge on any atom is -0.341 e. The van der Waals surface area contributed by atoms with Crippen molar-refractivity contribution in [2.45, 2.75) is 44.6 Å². The van der Waals surface area contributed by atoms with Crippen molar-refractivity contribution in [2.75, 3.05) is 30.4 Å². The van der Waals surface area contributed by atoms with Crippen molar-refractivity contribution in [3.8, 4) is 0 Å². The van der Waals surface area contributed by atoms with Crippen LogP contribution < -0.4 is 10.2 Å². The summed E-state index contributed by atoms with van der Waals surface area (Å²) in [6.45, 7) is 7.05. The van der Waals surface area contributed by atoms with Gasteiger partial charge in [-0.2, -0.15) is 4.31 Å². The predicted octanol–water partition coefficient (Wildman–Crippen LogP) is 3.32. The molecule has 0 spiro atoms. The molecule has 10 heteroatoms. The number of amides is 1. The van der Waals surface area contributed by atoms with Gasteiger partial charge in [0, 0.05) is 31.9 Å². The Kier molecular flexibility index (Phi) is 6.64. The highest BCUT2D eigenvalue weighted by Gasteiger charge is 2.25. The molecule has 1 aromatic carbocycles. The van der Waals surface area contributed by atoms with E-state index in [9.17, 15) is 13.2 Å². The second-order valence-corrected chi connectivity index (χ2v) is 10.0. The molecule has 0 saturated carbocycles. The molecule has 0 radical (unpaired) electrons. The summed E-state index contributed by atoms with van der Waals surface area (Å²) in [5.41, 5.74) is 1.16. The van der Waals surface area contributed by atoms with Gasteiger partial charge in [-0.05, 0) is 51.3 Å². The first-order valence-electron chi connectivity index (χ1n) is 9.79. The number of rotatable bonds is 6. The fourth-order valence-corrected chi connectivity index (χ4v) is 4.68. The summed E-state index contributed by atoms with van der Waals surface area (Å²) >= 11 is 6.18. The number of benzene rings is 1. The van der Waals surface area contributed by atoms with Crippen LogP contribution in [0, 0.1) is 6.92 Å². The zero-order chi connectivity index (χ0) is 22.1. The van der Waals surface area contributed by atoms with Gasteiger partial charge in [0.15, 0.2) is 5.69 Å². The van der Waals surface area contributed by atoms with Crippen LogP contribution in [0.25, 0.3) is 0 Å². The molecule has 1 fully saturated rings. The molecule has 2 heterocycles. The third kappa shape index (κ3) is 4.58. The van der Waals surface area contributed by atoms with Gasteiger partial charge in [0.1, 0.15) is 0 Å². The molecule has 30 heavy (non-hydrogen) atoms. The molecule has 1 saturated heterocycles. The smallest absolute Gasteiger partial charge is 0.276 e. The van der Waals surface area contributed by atoms with E-state index in [2.05, 4.69) is 15.3 Å². The fraction of sp³-hybridized carbons (Fsp3) is 0.450. The minimum absolute atomic E-state index is 0.0560. The third-order valence-electron chi connectivity index (χ3n) is 5.20. The Balaban J connectivity index is 1.89. The van der Waals surface area contributed by atoms with E-state index in [0.717, 1.165) is 31.5 Å². The average Bonchev–Trinajstić information content (AvgIpc) is 3.23. The lowest BCUT2D eigenvalue weighted by molar-refractivity contribution is 0.102. The summed E-state index contributed by atoms with van der Waals surface area (Å²) in [7, 11) is -2.15. The zero-order valence-corrected chi connectivity index (χ0v) is 19.1. The van der Waals surface area contributed by atoms with Gasteiger partial charge >= 0.3 is 0 Å². The van der Waals surface area contributed by atoms with E-state index >= 15 is 0 Å². The standard InChI is InChI=1S/C20H26ClN5O3S/c1-13(2)25(4)30(28,29)15-8-7-14(3)17(11-15)23-19(27)18-16(21)12-22-20(24-18)26-9-5-6-10-26/h7-8,11-13H,5-6,9-10H2,1-4H3,(H,23,27). The molecule has 1 aliphatic heterocycles. The van der Waals surface area contributed by atoms with Crippen LogP contribution in [0.1, 0.15) is 42.7 Å². The summed E-state index contributed by atoms with van der Waals surface area (Å²) in [6.07, 6.45) is 3.53. The van der Waals surface area contributed by atoms with E-state index in [1.54, 1.807) is 26.8 Å². The van der Waals surface area contributed by atoms with E-state index in [1.807, 2.05) is 4.90 Å². The van der Waals surface area contributed by atoms with Crippen LogP contribution in [0.2, 0.25) is 5.02 Å². The molecule has 0 bridgehead atoms. The number of nitrogens with zero attached hydrogens (tertiary/aromatic N) is 4. The van der Waals surface area contributed by atoms with E-state index in [-0.39, 0.29) is 21.7 Å².